The number of carboxylic acids is 1. The van der Waals surface area contributed by atoms with Crippen LogP contribution < -0.4 is 11.1 Å². The van der Waals surface area contributed by atoms with Gasteiger partial charge in [0.1, 0.15) is 6.04 Å². The van der Waals surface area contributed by atoms with Crippen molar-refractivity contribution in [2.24, 2.45) is 5.73 Å². The van der Waals surface area contributed by atoms with Gasteiger partial charge in [-0.15, -0.1) is 0 Å². The van der Waals surface area contributed by atoms with Crippen LogP contribution in [0.15, 0.2) is 0 Å². The number of hydrogen-bond acceptors (Lipinski definition) is 4. The standard InChI is InChI=1S/C8H16N2O4/c1-8(2,3)14-6(10-4-11)5(9)7(12)13/h4-6H,9H2,1-3H3,(H,10,11)(H,12,13). The van der Waals surface area contributed by atoms with E-state index in [4.69, 9.17) is 15.6 Å². The zero-order chi connectivity index (χ0) is 11.4. The van der Waals surface area contributed by atoms with Gasteiger partial charge in [-0.2, -0.15) is 0 Å². The maximum absolute atomic E-state index is 10.5. The van der Waals surface area contributed by atoms with Gasteiger partial charge in [0, 0.05) is 0 Å². The molecule has 2 unspecified atom stereocenters. The lowest BCUT2D eigenvalue weighted by Crippen LogP contribution is -2.53. The van der Waals surface area contributed by atoms with E-state index in [9.17, 15) is 9.59 Å². The van der Waals surface area contributed by atoms with E-state index in [1.54, 1.807) is 20.8 Å². The molecule has 0 aliphatic carbocycles. The Morgan fingerprint density at radius 1 is 1.57 bits per heavy atom. The average Bonchev–Trinajstić information content (AvgIpc) is 1.99. The summed E-state index contributed by atoms with van der Waals surface area (Å²) in [7, 11) is 0. The second-order valence-corrected chi connectivity index (χ2v) is 3.80. The number of carbonyl (C=O) groups excluding carboxylic acids is 1. The molecular formula is C8H16N2O4. The molecule has 0 bridgehead atoms. The molecule has 1 amide bonds. The fraction of sp³-hybridized carbons (Fsp3) is 0.750. The molecule has 0 heterocycles. The minimum Gasteiger partial charge on any atom is -0.480 e. The average molecular weight is 204 g/mol. The van der Waals surface area contributed by atoms with Gasteiger partial charge in [0.15, 0.2) is 6.23 Å². The van der Waals surface area contributed by atoms with Crippen molar-refractivity contribution in [1.29, 1.82) is 0 Å². The summed E-state index contributed by atoms with van der Waals surface area (Å²) < 4.78 is 5.25. The molecule has 0 saturated carbocycles. The molecule has 0 radical (unpaired) electrons. The number of nitrogens with one attached hydrogen (secondary N) is 1. The highest BCUT2D eigenvalue weighted by Crippen LogP contribution is 2.10. The van der Waals surface area contributed by atoms with Gasteiger partial charge in [0.05, 0.1) is 5.60 Å². The number of carbonyl (C=O) groups is 2. The first kappa shape index (κ1) is 12.9. The largest absolute Gasteiger partial charge is 0.480 e. The van der Waals surface area contributed by atoms with Gasteiger partial charge < -0.3 is 20.9 Å². The van der Waals surface area contributed by atoms with Crippen molar-refractivity contribution < 1.29 is 19.4 Å². The quantitative estimate of drug-likeness (QED) is 0.405. The first-order valence-electron chi connectivity index (χ1n) is 4.14. The number of ether oxygens (including phenoxy) is 1. The maximum Gasteiger partial charge on any atom is 0.325 e. The second-order valence-electron chi connectivity index (χ2n) is 3.80. The highest BCUT2D eigenvalue weighted by Gasteiger charge is 2.28. The van der Waals surface area contributed by atoms with Gasteiger partial charge in [0.2, 0.25) is 6.41 Å². The first-order valence-corrected chi connectivity index (χ1v) is 4.14. The van der Waals surface area contributed by atoms with E-state index >= 15 is 0 Å². The third-order valence-corrected chi connectivity index (χ3v) is 1.32. The molecular weight excluding hydrogens is 188 g/mol. The van der Waals surface area contributed by atoms with E-state index in [1.807, 2.05) is 0 Å². The minimum absolute atomic E-state index is 0.360. The molecule has 0 spiro atoms. The number of rotatable bonds is 5. The highest BCUT2D eigenvalue weighted by atomic mass is 16.5. The zero-order valence-corrected chi connectivity index (χ0v) is 8.48. The van der Waals surface area contributed by atoms with E-state index in [1.165, 1.54) is 0 Å². The Kier molecular flexibility index (Phi) is 4.52. The summed E-state index contributed by atoms with van der Waals surface area (Å²) in [5.74, 6) is -1.23. The normalized spacial score (nSPS) is 15.7. The predicted octanol–water partition coefficient (Wildman–Crippen LogP) is -0.714. The van der Waals surface area contributed by atoms with E-state index in [-0.39, 0.29) is 0 Å². The van der Waals surface area contributed by atoms with E-state index in [2.05, 4.69) is 5.32 Å². The van der Waals surface area contributed by atoms with Crippen molar-refractivity contribution in [3.8, 4) is 0 Å². The van der Waals surface area contributed by atoms with Crippen molar-refractivity contribution in [2.45, 2.75) is 38.6 Å². The zero-order valence-electron chi connectivity index (χ0n) is 8.48. The molecule has 6 heteroatoms. The summed E-state index contributed by atoms with van der Waals surface area (Å²) in [4.78, 5) is 20.7. The number of carboxylic acid groups (broad SMARTS) is 1. The molecule has 0 aromatic heterocycles. The van der Waals surface area contributed by atoms with Gasteiger partial charge in [-0.25, -0.2) is 0 Å². The number of aliphatic carboxylic acids is 1. The second kappa shape index (κ2) is 4.92. The Labute approximate surface area is 82.4 Å². The molecule has 0 saturated heterocycles. The topological polar surface area (TPSA) is 102 Å². The molecule has 0 aromatic rings. The van der Waals surface area contributed by atoms with Crippen LogP contribution in [-0.2, 0) is 14.3 Å². The minimum atomic E-state index is -1.28. The van der Waals surface area contributed by atoms with Crippen LogP contribution in [0.5, 0.6) is 0 Å². The summed E-state index contributed by atoms with van der Waals surface area (Å²) in [5, 5.41) is 10.8. The van der Waals surface area contributed by atoms with Gasteiger partial charge in [-0.05, 0) is 20.8 Å². The van der Waals surface area contributed by atoms with Gasteiger partial charge in [0.25, 0.3) is 0 Å². The van der Waals surface area contributed by atoms with Crippen molar-refractivity contribution in [1.82, 2.24) is 5.32 Å². The molecule has 2 atom stereocenters. The lowest BCUT2D eigenvalue weighted by Gasteiger charge is -2.28. The monoisotopic (exact) mass is 204 g/mol. The van der Waals surface area contributed by atoms with Crippen LogP contribution in [0.25, 0.3) is 0 Å². The van der Waals surface area contributed by atoms with Crippen LogP contribution in [0.2, 0.25) is 0 Å². The van der Waals surface area contributed by atoms with Crippen molar-refractivity contribution >= 4 is 12.4 Å². The van der Waals surface area contributed by atoms with Gasteiger partial charge in [-0.3, -0.25) is 9.59 Å². The lowest BCUT2D eigenvalue weighted by molar-refractivity contribution is -0.149. The predicted molar refractivity (Wildman–Crippen MR) is 49.4 cm³/mol. The van der Waals surface area contributed by atoms with E-state index < -0.39 is 23.8 Å². The first-order chi connectivity index (χ1) is 6.28. The van der Waals surface area contributed by atoms with Crippen LogP contribution in [0, 0.1) is 0 Å². The Bertz CT molecular complexity index is 212. The molecule has 0 aliphatic rings. The van der Waals surface area contributed by atoms with Gasteiger partial charge >= 0.3 is 5.97 Å². The smallest absolute Gasteiger partial charge is 0.325 e. The Morgan fingerprint density at radius 2 is 2.07 bits per heavy atom. The Morgan fingerprint density at radius 3 is 2.36 bits per heavy atom. The fourth-order valence-corrected chi connectivity index (χ4v) is 0.788. The summed E-state index contributed by atoms with van der Waals surface area (Å²) in [6.45, 7) is 5.21. The van der Waals surface area contributed by atoms with Crippen LogP contribution >= 0.6 is 0 Å². The summed E-state index contributed by atoms with van der Waals surface area (Å²) in [5.41, 5.74) is 4.73. The SMILES string of the molecule is CC(C)(C)OC(NC=O)C(N)C(=O)O. The van der Waals surface area contributed by atoms with Gasteiger partial charge in [-0.1, -0.05) is 0 Å². The fourth-order valence-electron chi connectivity index (χ4n) is 0.788. The molecule has 6 nitrogen and oxygen atoms in total. The Balaban J connectivity index is 4.43. The van der Waals surface area contributed by atoms with Crippen molar-refractivity contribution in [3.05, 3.63) is 0 Å². The summed E-state index contributed by atoms with van der Waals surface area (Å²) in [6, 6.07) is -1.28. The van der Waals surface area contributed by atoms with Crippen LogP contribution in [0.3, 0.4) is 0 Å². The molecule has 0 fully saturated rings. The molecule has 82 valence electrons. The molecule has 0 aromatic carbocycles. The van der Waals surface area contributed by atoms with Crippen molar-refractivity contribution in [3.63, 3.8) is 0 Å². The van der Waals surface area contributed by atoms with Crippen LogP contribution in [0.1, 0.15) is 20.8 Å². The molecule has 14 heavy (non-hydrogen) atoms. The number of hydrogen-bond donors (Lipinski definition) is 3. The Hall–Kier alpha value is -1.14. The molecule has 0 rings (SSSR count). The molecule has 0 aliphatic heterocycles. The third-order valence-electron chi connectivity index (χ3n) is 1.32. The summed E-state index contributed by atoms with van der Waals surface area (Å²) >= 11 is 0. The van der Waals surface area contributed by atoms with Crippen LogP contribution in [-0.4, -0.2) is 35.4 Å². The number of amides is 1. The lowest BCUT2D eigenvalue weighted by atomic mass is 10.2. The highest BCUT2D eigenvalue weighted by molar-refractivity contribution is 5.74. The van der Waals surface area contributed by atoms with Crippen molar-refractivity contribution in [2.75, 3.05) is 0 Å². The van der Waals surface area contributed by atoms with E-state index in [0.717, 1.165) is 0 Å². The summed E-state index contributed by atoms with van der Waals surface area (Å²) in [6.07, 6.45) is -0.663. The van der Waals surface area contributed by atoms with Crippen LogP contribution in [0.4, 0.5) is 0 Å². The van der Waals surface area contributed by atoms with E-state index in [0.29, 0.717) is 6.41 Å². The third kappa shape index (κ3) is 4.78. The molecule has 4 N–H and O–H groups in total. The number of nitrogens with two attached hydrogens (primary N) is 1. The maximum atomic E-state index is 10.5.